The first kappa shape index (κ1) is 43.9. The van der Waals surface area contributed by atoms with Crippen LogP contribution in [-0.2, 0) is 34.2 Å². The van der Waals surface area contributed by atoms with Gasteiger partial charge in [-0.05, 0) is 45.9 Å². The second kappa shape index (κ2) is 18.0. The third-order valence-corrected chi connectivity index (χ3v) is 9.10. The molecule has 0 aromatic heterocycles. The molecule has 264 valence electrons. The van der Waals surface area contributed by atoms with Gasteiger partial charge in [0, 0.05) is 0 Å². The molecule has 6 aromatic rings. The zero-order valence-electron chi connectivity index (χ0n) is 32.6. The van der Waals surface area contributed by atoms with Gasteiger partial charge < -0.3 is 24.8 Å². The Labute approximate surface area is 331 Å². The van der Waals surface area contributed by atoms with Gasteiger partial charge in [0.25, 0.3) is 0 Å². The van der Waals surface area contributed by atoms with Gasteiger partial charge in [0.15, 0.2) is 0 Å². The molecule has 6 aromatic carbocycles. The number of rotatable bonds is 3. The van der Waals surface area contributed by atoms with Crippen LogP contribution in [0.1, 0.15) is 94.7 Å². The number of halogens is 2. The van der Waals surface area contributed by atoms with Crippen molar-refractivity contribution in [2.24, 2.45) is 0 Å². The molecule has 0 aliphatic rings. The van der Waals surface area contributed by atoms with Crippen LogP contribution in [0.4, 0.5) is 0 Å². The molecule has 0 aliphatic carbocycles. The molecule has 0 nitrogen and oxygen atoms in total. The van der Waals surface area contributed by atoms with Crippen LogP contribution in [0, 0.1) is 20.8 Å². The minimum atomic E-state index is 0. The van der Waals surface area contributed by atoms with Crippen molar-refractivity contribution in [3.8, 4) is 22.3 Å². The number of benzene rings is 4. The summed E-state index contributed by atoms with van der Waals surface area (Å²) in [6.45, 7) is 29.3. The van der Waals surface area contributed by atoms with Crippen molar-refractivity contribution in [3.05, 3.63) is 130 Å². The summed E-state index contributed by atoms with van der Waals surface area (Å²) in [4.78, 5) is 0. The van der Waals surface area contributed by atoms with Crippen molar-refractivity contribution < 1.29 is 48.1 Å². The van der Waals surface area contributed by atoms with E-state index in [1.54, 1.807) is 23.3 Å². The smallest absolute Gasteiger partial charge is 0.0132 e. The van der Waals surface area contributed by atoms with Gasteiger partial charge in [0.2, 0.25) is 0 Å². The van der Waals surface area contributed by atoms with E-state index in [0.717, 1.165) is 0 Å². The van der Waals surface area contributed by atoms with E-state index in [0.29, 0.717) is 5.92 Å². The molecule has 0 N–H and O–H groups in total. The first-order valence-corrected chi connectivity index (χ1v) is 23.7. The van der Waals surface area contributed by atoms with Crippen molar-refractivity contribution in [1.82, 2.24) is 0 Å². The summed E-state index contributed by atoms with van der Waals surface area (Å²) in [6.07, 6.45) is 0. The fourth-order valence-corrected chi connectivity index (χ4v) is 6.39. The Morgan fingerprint density at radius 2 is 1.12 bits per heavy atom. The van der Waals surface area contributed by atoms with Crippen molar-refractivity contribution in [2.45, 2.75) is 106 Å². The summed E-state index contributed by atoms with van der Waals surface area (Å²) in [5.74, 6) is 0.573. The fourth-order valence-electron chi connectivity index (χ4n) is 6.39. The standard InChI is InChI=1S/2C22H25.C2H6Si.2ClH.Zr/c1-14-11-19-15(2)13-16(3)21(20(19)12-14)17-7-9-18(10-8-17)22(4,5)6;1-15(2)18-13-17-7-6-8-20(21(17)14-18)16-9-11-19(12-10-16)22(3,4)5;1-3-2;;;/h7-13H,1-6H3;6-15H,1-5H3;1-2H3;2*1H;/q2*-1;;;;+2/p-2. The molecule has 0 radical (unpaired) electrons. The molecule has 0 saturated heterocycles. The molecule has 0 spiro atoms. The van der Waals surface area contributed by atoms with Gasteiger partial charge in [0.05, 0.1) is 0 Å². The minimum absolute atomic E-state index is 0. The van der Waals surface area contributed by atoms with Crippen LogP contribution in [0.5, 0.6) is 0 Å². The van der Waals surface area contributed by atoms with Gasteiger partial charge in [-0.3, -0.25) is 0 Å². The van der Waals surface area contributed by atoms with E-state index in [2.05, 4.69) is 186 Å². The Bertz CT molecular complexity index is 2000. The average molecular weight is 799 g/mol. The molecule has 0 amide bonds. The SMILES string of the molecule is CC(C)c1cc2c(-c3ccc(C(C)(C)C)cc3)cccc2[cH-]1.C[Si](C)=[Zr+2].Cc1cc2c(-c3ccc(C(C)(C)C)cc3)c(C)cc(C)c2[cH-]1.[Cl-].[Cl-]. The van der Waals surface area contributed by atoms with Crippen molar-refractivity contribution in [2.75, 3.05) is 0 Å². The van der Waals surface area contributed by atoms with E-state index >= 15 is 0 Å². The zero-order valence-corrected chi connectivity index (χ0v) is 37.5. The Balaban J connectivity index is 0.000000303. The number of hydrogen-bond donors (Lipinski definition) is 0. The summed E-state index contributed by atoms with van der Waals surface area (Å²) in [7, 11) is 0. The Hall–Kier alpha value is -2.22. The predicted molar refractivity (Wildman–Crippen MR) is 213 cm³/mol. The van der Waals surface area contributed by atoms with Gasteiger partial charge in [-0.15, -0.1) is 62.5 Å². The van der Waals surface area contributed by atoms with Gasteiger partial charge in [0.1, 0.15) is 0 Å². The number of hydrogen-bond acceptors (Lipinski definition) is 0. The molecular weight excluding hydrogens is 743 g/mol. The minimum Gasteiger partial charge on any atom is -1.00 e. The van der Waals surface area contributed by atoms with Crippen molar-refractivity contribution in [3.63, 3.8) is 0 Å². The van der Waals surface area contributed by atoms with Crippen LogP contribution in [0.15, 0.2) is 97.1 Å². The normalized spacial score (nSPS) is 11.3. The fraction of sp³-hybridized carbons (Fsp3) is 0.348. The molecule has 50 heavy (non-hydrogen) atoms. The van der Waals surface area contributed by atoms with Crippen LogP contribution in [0.2, 0.25) is 13.1 Å². The third kappa shape index (κ3) is 10.9. The van der Waals surface area contributed by atoms with Gasteiger partial charge in [-0.2, -0.15) is 12.1 Å². The topological polar surface area (TPSA) is 0 Å². The number of fused-ring (bicyclic) bond motifs is 2. The number of aryl methyl sites for hydroxylation is 3. The maximum absolute atomic E-state index is 2.35. The molecule has 0 unspecified atom stereocenters. The largest absolute Gasteiger partial charge is 1.00 e. The first-order chi connectivity index (χ1) is 22.4. The molecule has 0 fully saturated rings. The molecule has 0 atom stereocenters. The van der Waals surface area contributed by atoms with Crippen LogP contribution in [-0.4, -0.2) is 5.43 Å². The molecular formula is C46H56Cl2SiZr-2. The van der Waals surface area contributed by atoms with E-state index in [1.165, 1.54) is 77.2 Å². The maximum atomic E-state index is 2.35. The van der Waals surface area contributed by atoms with E-state index in [-0.39, 0.29) is 41.1 Å². The molecule has 0 aliphatic heterocycles. The van der Waals surface area contributed by atoms with Gasteiger partial charge in [-0.1, -0.05) is 147 Å². The first-order valence-electron chi connectivity index (χ1n) is 17.5. The molecule has 0 bridgehead atoms. The monoisotopic (exact) mass is 796 g/mol. The summed E-state index contributed by atoms with van der Waals surface area (Å²) >= 11 is 1.74. The summed E-state index contributed by atoms with van der Waals surface area (Å²) in [6, 6.07) is 36.4. The van der Waals surface area contributed by atoms with Gasteiger partial charge >= 0.3 is 41.9 Å². The Morgan fingerprint density at radius 3 is 1.60 bits per heavy atom. The van der Waals surface area contributed by atoms with Crippen LogP contribution >= 0.6 is 0 Å². The maximum Gasteiger partial charge on any atom is -0.0132 e. The summed E-state index contributed by atoms with van der Waals surface area (Å²) < 4.78 is 0. The molecule has 4 heteroatoms. The van der Waals surface area contributed by atoms with E-state index in [9.17, 15) is 0 Å². The average Bonchev–Trinajstić information content (AvgIpc) is 3.61. The summed E-state index contributed by atoms with van der Waals surface area (Å²) in [5, 5.41) is 5.49. The second-order valence-electron chi connectivity index (χ2n) is 16.2. The predicted octanol–water partition coefficient (Wildman–Crippen LogP) is 7.89. The quantitative estimate of drug-likeness (QED) is 0.126. The van der Waals surface area contributed by atoms with Crippen LogP contribution < -0.4 is 24.8 Å². The van der Waals surface area contributed by atoms with E-state index in [1.807, 2.05) is 0 Å². The molecule has 0 heterocycles. The van der Waals surface area contributed by atoms with Gasteiger partial charge in [-0.25, -0.2) is 0 Å². The van der Waals surface area contributed by atoms with Crippen LogP contribution in [0.25, 0.3) is 43.8 Å². The second-order valence-corrected chi connectivity index (χ2v) is 25.5. The van der Waals surface area contributed by atoms with Crippen molar-refractivity contribution in [1.29, 1.82) is 0 Å². The molecule has 0 saturated carbocycles. The summed E-state index contributed by atoms with van der Waals surface area (Å²) in [5.41, 5.74) is 14.2. The van der Waals surface area contributed by atoms with Crippen molar-refractivity contribution >= 4 is 27.0 Å². The Kier molecular flexibility index (Phi) is 15.8. The Morgan fingerprint density at radius 1 is 0.620 bits per heavy atom. The van der Waals surface area contributed by atoms with E-state index < -0.39 is 0 Å². The molecule has 6 rings (SSSR count). The van der Waals surface area contributed by atoms with E-state index in [4.69, 9.17) is 0 Å². The zero-order chi connectivity index (χ0) is 35.6. The third-order valence-electron chi connectivity index (χ3n) is 9.10. The van der Waals surface area contributed by atoms with Crippen LogP contribution in [0.3, 0.4) is 0 Å².